The maximum absolute atomic E-state index is 12.9. The van der Waals surface area contributed by atoms with Crippen LogP contribution in [0.3, 0.4) is 0 Å². The van der Waals surface area contributed by atoms with Gasteiger partial charge in [0.05, 0.1) is 0 Å². The standard InChI is InChI=1S/C24H27N3O/c1-19(25-23-12-11-21-9-5-6-10-22(21)17-23)24(28)27-15-13-26(14-16-27)18-20-7-3-2-4-8-20/h2-12,17,19,25H,13-16,18H2,1H3/t19-/m0/s1. The van der Waals surface area contributed by atoms with Crippen LogP contribution in [0.1, 0.15) is 12.5 Å². The van der Waals surface area contributed by atoms with Gasteiger partial charge in [0.2, 0.25) is 5.91 Å². The minimum absolute atomic E-state index is 0.174. The molecule has 144 valence electrons. The Morgan fingerprint density at radius 1 is 0.893 bits per heavy atom. The second-order valence-corrected chi connectivity index (χ2v) is 7.51. The molecule has 1 fully saturated rings. The summed E-state index contributed by atoms with van der Waals surface area (Å²) in [5, 5.41) is 5.77. The van der Waals surface area contributed by atoms with Gasteiger partial charge in [0, 0.05) is 38.4 Å². The minimum atomic E-state index is -0.234. The molecule has 0 aromatic heterocycles. The highest BCUT2D eigenvalue weighted by Gasteiger charge is 2.24. The summed E-state index contributed by atoms with van der Waals surface area (Å²) in [4.78, 5) is 17.3. The molecule has 1 aliphatic heterocycles. The topological polar surface area (TPSA) is 35.6 Å². The van der Waals surface area contributed by atoms with E-state index in [4.69, 9.17) is 0 Å². The van der Waals surface area contributed by atoms with Crippen LogP contribution in [0.5, 0.6) is 0 Å². The van der Waals surface area contributed by atoms with Gasteiger partial charge in [0.1, 0.15) is 6.04 Å². The third-order valence-corrected chi connectivity index (χ3v) is 5.44. The lowest BCUT2D eigenvalue weighted by Gasteiger charge is -2.36. The molecule has 1 amide bonds. The van der Waals surface area contributed by atoms with Crippen LogP contribution >= 0.6 is 0 Å². The van der Waals surface area contributed by atoms with E-state index >= 15 is 0 Å². The Kier molecular flexibility index (Phi) is 5.58. The molecule has 0 radical (unpaired) electrons. The number of fused-ring (bicyclic) bond motifs is 1. The zero-order valence-corrected chi connectivity index (χ0v) is 16.3. The minimum Gasteiger partial charge on any atom is -0.374 e. The number of amides is 1. The van der Waals surface area contributed by atoms with Crippen LogP contribution in [0.2, 0.25) is 0 Å². The fourth-order valence-electron chi connectivity index (χ4n) is 3.83. The molecule has 0 spiro atoms. The predicted octanol–water partition coefficient (Wildman–Crippen LogP) is 3.98. The molecule has 0 aliphatic carbocycles. The van der Waals surface area contributed by atoms with Crippen LogP contribution in [0.4, 0.5) is 5.69 Å². The lowest BCUT2D eigenvalue weighted by molar-refractivity contribution is -0.133. The highest BCUT2D eigenvalue weighted by molar-refractivity contribution is 5.88. The highest BCUT2D eigenvalue weighted by atomic mass is 16.2. The van der Waals surface area contributed by atoms with Gasteiger partial charge in [0.25, 0.3) is 0 Å². The van der Waals surface area contributed by atoms with Gasteiger partial charge >= 0.3 is 0 Å². The van der Waals surface area contributed by atoms with Crippen molar-refractivity contribution in [3.63, 3.8) is 0 Å². The van der Waals surface area contributed by atoms with Crippen molar-refractivity contribution in [2.45, 2.75) is 19.5 Å². The van der Waals surface area contributed by atoms with Crippen LogP contribution in [-0.4, -0.2) is 47.9 Å². The largest absolute Gasteiger partial charge is 0.374 e. The molecule has 0 saturated carbocycles. The highest BCUT2D eigenvalue weighted by Crippen LogP contribution is 2.20. The quantitative estimate of drug-likeness (QED) is 0.735. The Morgan fingerprint density at radius 3 is 2.32 bits per heavy atom. The summed E-state index contributed by atoms with van der Waals surface area (Å²) >= 11 is 0. The van der Waals surface area contributed by atoms with Crippen molar-refractivity contribution >= 4 is 22.4 Å². The first-order valence-corrected chi connectivity index (χ1v) is 9.99. The Morgan fingerprint density at radius 2 is 1.57 bits per heavy atom. The number of benzene rings is 3. The second kappa shape index (κ2) is 8.44. The summed E-state index contributed by atoms with van der Waals surface area (Å²) in [6.07, 6.45) is 0. The van der Waals surface area contributed by atoms with E-state index in [2.05, 4.69) is 58.7 Å². The Bertz CT molecular complexity index is 933. The Labute approximate surface area is 166 Å². The molecule has 1 aliphatic rings. The van der Waals surface area contributed by atoms with Gasteiger partial charge in [-0.25, -0.2) is 0 Å². The lowest BCUT2D eigenvalue weighted by Crippen LogP contribution is -2.51. The number of hydrogen-bond donors (Lipinski definition) is 1. The van der Waals surface area contributed by atoms with E-state index in [-0.39, 0.29) is 11.9 Å². The number of nitrogens with zero attached hydrogens (tertiary/aromatic N) is 2. The summed E-state index contributed by atoms with van der Waals surface area (Å²) in [6.45, 7) is 6.32. The van der Waals surface area contributed by atoms with Gasteiger partial charge in [0.15, 0.2) is 0 Å². The number of carbonyl (C=O) groups is 1. The van der Waals surface area contributed by atoms with Gasteiger partial charge in [-0.2, -0.15) is 0 Å². The van der Waals surface area contributed by atoms with Crippen molar-refractivity contribution < 1.29 is 4.79 Å². The molecule has 4 heteroatoms. The van der Waals surface area contributed by atoms with E-state index in [0.29, 0.717) is 0 Å². The molecule has 1 N–H and O–H groups in total. The van der Waals surface area contributed by atoms with Crippen molar-refractivity contribution in [2.75, 3.05) is 31.5 Å². The first-order chi connectivity index (χ1) is 13.7. The van der Waals surface area contributed by atoms with Gasteiger partial charge in [-0.15, -0.1) is 0 Å². The second-order valence-electron chi connectivity index (χ2n) is 7.51. The fourth-order valence-corrected chi connectivity index (χ4v) is 3.83. The SMILES string of the molecule is C[C@H](Nc1ccc2ccccc2c1)C(=O)N1CCN(Cc2ccccc2)CC1. The van der Waals surface area contributed by atoms with Gasteiger partial charge < -0.3 is 10.2 Å². The number of rotatable bonds is 5. The summed E-state index contributed by atoms with van der Waals surface area (Å²) in [7, 11) is 0. The molecule has 4 rings (SSSR count). The van der Waals surface area contributed by atoms with E-state index in [1.54, 1.807) is 0 Å². The molecule has 3 aromatic carbocycles. The maximum Gasteiger partial charge on any atom is 0.244 e. The summed E-state index contributed by atoms with van der Waals surface area (Å²) in [5.41, 5.74) is 2.32. The Balaban J connectivity index is 1.31. The Hall–Kier alpha value is -2.85. The number of nitrogens with one attached hydrogen (secondary N) is 1. The monoisotopic (exact) mass is 373 g/mol. The van der Waals surface area contributed by atoms with E-state index in [0.717, 1.165) is 38.4 Å². The van der Waals surface area contributed by atoms with E-state index in [1.807, 2.05) is 36.1 Å². The van der Waals surface area contributed by atoms with Crippen molar-refractivity contribution in [3.8, 4) is 0 Å². The zero-order valence-electron chi connectivity index (χ0n) is 16.3. The van der Waals surface area contributed by atoms with Crippen molar-refractivity contribution in [1.82, 2.24) is 9.80 Å². The molecule has 28 heavy (non-hydrogen) atoms. The van der Waals surface area contributed by atoms with Crippen LogP contribution in [0, 0.1) is 0 Å². The summed E-state index contributed by atoms with van der Waals surface area (Å²) in [6, 6.07) is 24.8. The zero-order chi connectivity index (χ0) is 19.3. The average Bonchev–Trinajstić information content (AvgIpc) is 2.74. The molecular weight excluding hydrogens is 346 g/mol. The molecule has 0 bridgehead atoms. The van der Waals surface area contributed by atoms with E-state index in [9.17, 15) is 4.79 Å². The van der Waals surface area contributed by atoms with E-state index in [1.165, 1.54) is 16.3 Å². The van der Waals surface area contributed by atoms with Crippen LogP contribution in [0.25, 0.3) is 10.8 Å². The summed E-state index contributed by atoms with van der Waals surface area (Å²) < 4.78 is 0. The molecule has 4 nitrogen and oxygen atoms in total. The number of hydrogen-bond acceptors (Lipinski definition) is 3. The maximum atomic E-state index is 12.9. The third kappa shape index (κ3) is 4.34. The molecule has 1 saturated heterocycles. The van der Waals surface area contributed by atoms with Gasteiger partial charge in [-0.1, -0.05) is 60.7 Å². The van der Waals surface area contributed by atoms with Crippen LogP contribution < -0.4 is 5.32 Å². The number of anilines is 1. The molecule has 1 atom stereocenters. The average molecular weight is 374 g/mol. The normalized spacial score (nSPS) is 16.1. The molecular formula is C24H27N3O. The lowest BCUT2D eigenvalue weighted by atomic mass is 10.1. The number of carbonyl (C=O) groups excluding carboxylic acids is 1. The van der Waals surface area contributed by atoms with Crippen molar-refractivity contribution in [1.29, 1.82) is 0 Å². The van der Waals surface area contributed by atoms with Crippen molar-refractivity contribution in [3.05, 3.63) is 78.4 Å². The predicted molar refractivity (Wildman–Crippen MR) is 115 cm³/mol. The van der Waals surface area contributed by atoms with Crippen LogP contribution in [-0.2, 0) is 11.3 Å². The summed E-state index contributed by atoms with van der Waals surface area (Å²) in [5.74, 6) is 0.174. The fraction of sp³-hybridized carbons (Fsp3) is 0.292. The van der Waals surface area contributed by atoms with Crippen molar-refractivity contribution in [2.24, 2.45) is 0 Å². The smallest absolute Gasteiger partial charge is 0.244 e. The third-order valence-electron chi connectivity index (χ3n) is 5.44. The first kappa shape index (κ1) is 18.5. The van der Waals surface area contributed by atoms with Gasteiger partial charge in [-0.3, -0.25) is 9.69 Å². The first-order valence-electron chi connectivity index (χ1n) is 9.99. The van der Waals surface area contributed by atoms with E-state index < -0.39 is 0 Å². The number of piperazine rings is 1. The van der Waals surface area contributed by atoms with Crippen LogP contribution in [0.15, 0.2) is 72.8 Å². The molecule has 1 heterocycles. The molecule has 0 unspecified atom stereocenters. The van der Waals surface area contributed by atoms with Gasteiger partial charge in [-0.05, 0) is 35.4 Å². The molecule has 3 aromatic rings.